The normalized spacial score (nSPS) is 16.7. The summed E-state index contributed by atoms with van der Waals surface area (Å²) >= 11 is 1.72. The fourth-order valence-electron chi connectivity index (χ4n) is 1.99. The average Bonchev–Trinajstić information content (AvgIpc) is 3.08. The zero-order chi connectivity index (χ0) is 12.3. The highest BCUT2D eigenvalue weighted by Crippen LogP contribution is 2.35. The molecule has 1 fully saturated rings. The Morgan fingerprint density at radius 2 is 2.29 bits per heavy atom. The van der Waals surface area contributed by atoms with Crippen LogP contribution in [0.15, 0.2) is 12.1 Å². The van der Waals surface area contributed by atoms with E-state index >= 15 is 0 Å². The molecule has 2 rings (SSSR count). The molecule has 0 saturated heterocycles. The van der Waals surface area contributed by atoms with E-state index in [9.17, 15) is 0 Å². The van der Waals surface area contributed by atoms with Crippen molar-refractivity contribution in [1.29, 1.82) is 0 Å². The van der Waals surface area contributed by atoms with E-state index in [2.05, 4.69) is 36.8 Å². The topological polar surface area (TPSA) is 23.5 Å². The summed E-state index contributed by atoms with van der Waals surface area (Å²) in [5.41, 5.74) is 0. The van der Waals surface area contributed by atoms with Crippen molar-refractivity contribution < 1.29 is 5.11 Å². The SMILES string of the molecule is CC(C1CC1)N(C)Cc1ccc(C#CCO)s1. The van der Waals surface area contributed by atoms with Gasteiger partial charge in [-0.2, -0.15) is 0 Å². The molecule has 0 amide bonds. The highest BCUT2D eigenvalue weighted by Gasteiger charge is 2.30. The first-order chi connectivity index (χ1) is 8.20. The lowest BCUT2D eigenvalue weighted by atomic mass is 10.2. The molecule has 1 aliphatic rings. The van der Waals surface area contributed by atoms with Gasteiger partial charge in [0.1, 0.15) is 6.61 Å². The maximum absolute atomic E-state index is 8.64. The Bertz CT molecular complexity index is 425. The lowest BCUT2D eigenvalue weighted by Crippen LogP contribution is -2.29. The van der Waals surface area contributed by atoms with E-state index in [1.165, 1.54) is 17.7 Å². The van der Waals surface area contributed by atoms with Gasteiger partial charge in [-0.1, -0.05) is 11.8 Å². The predicted octanol–water partition coefficient (Wildman–Crippen LogP) is 2.32. The van der Waals surface area contributed by atoms with Crippen molar-refractivity contribution in [2.45, 2.75) is 32.4 Å². The first-order valence-corrected chi connectivity index (χ1v) is 6.91. The third kappa shape index (κ3) is 3.57. The van der Waals surface area contributed by atoms with Crippen LogP contribution >= 0.6 is 11.3 Å². The molecule has 92 valence electrons. The Balaban J connectivity index is 1.91. The van der Waals surface area contributed by atoms with Gasteiger partial charge in [0.15, 0.2) is 0 Å². The van der Waals surface area contributed by atoms with Gasteiger partial charge in [-0.05, 0) is 44.9 Å². The summed E-state index contributed by atoms with van der Waals surface area (Å²) in [6, 6.07) is 4.87. The monoisotopic (exact) mass is 249 g/mol. The lowest BCUT2D eigenvalue weighted by Gasteiger charge is -2.23. The first-order valence-electron chi connectivity index (χ1n) is 6.09. The Kier molecular flexibility index (Phi) is 4.22. The van der Waals surface area contributed by atoms with E-state index < -0.39 is 0 Å². The van der Waals surface area contributed by atoms with Crippen LogP contribution in [0.1, 0.15) is 29.5 Å². The summed E-state index contributed by atoms with van der Waals surface area (Å²) < 4.78 is 0. The zero-order valence-corrected chi connectivity index (χ0v) is 11.3. The van der Waals surface area contributed by atoms with Crippen molar-refractivity contribution in [3.63, 3.8) is 0 Å². The van der Waals surface area contributed by atoms with Gasteiger partial charge in [0.2, 0.25) is 0 Å². The molecule has 1 unspecified atom stereocenters. The van der Waals surface area contributed by atoms with Crippen molar-refractivity contribution in [1.82, 2.24) is 4.90 Å². The van der Waals surface area contributed by atoms with Crippen LogP contribution in [0.4, 0.5) is 0 Å². The van der Waals surface area contributed by atoms with Crippen molar-refractivity contribution >= 4 is 11.3 Å². The van der Waals surface area contributed by atoms with Crippen LogP contribution in [0, 0.1) is 17.8 Å². The molecule has 0 aromatic carbocycles. The smallest absolute Gasteiger partial charge is 0.104 e. The lowest BCUT2D eigenvalue weighted by molar-refractivity contribution is 0.228. The summed E-state index contributed by atoms with van der Waals surface area (Å²) in [5.74, 6) is 6.55. The second-order valence-corrected chi connectivity index (χ2v) is 5.89. The number of nitrogens with zero attached hydrogens (tertiary/aromatic N) is 1. The van der Waals surface area contributed by atoms with Crippen LogP contribution in [0.25, 0.3) is 0 Å². The molecule has 2 nitrogen and oxygen atoms in total. The molecule has 1 saturated carbocycles. The van der Waals surface area contributed by atoms with Crippen LogP contribution in [-0.4, -0.2) is 29.7 Å². The Morgan fingerprint density at radius 1 is 1.53 bits per heavy atom. The molecular weight excluding hydrogens is 230 g/mol. The van der Waals surface area contributed by atoms with E-state index in [4.69, 9.17) is 5.11 Å². The standard InChI is InChI=1S/C14H19NOS/c1-11(12-5-6-12)15(2)10-14-8-7-13(17-14)4-3-9-16/h7-8,11-12,16H,5-6,9-10H2,1-2H3. The highest BCUT2D eigenvalue weighted by atomic mass is 32.1. The van der Waals surface area contributed by atoms with Crippen LogP contribution in [-0.2, 0) is 6.54 Å². The summed E-state index contributed by atoms with van der Waals surface area (Å²) in [4.78, 5) is 4.82. The maximum Gasteiger partial charge on any atom is 0.104 e. The average molecular weight is 249 g/mol. The van der Waals surface area contributed by atoms with E-state index in [0.717, 1.165) is 17.3 Å². The van der Waals surface area contributed by atoms with Crippen molar-refractivity contribution in [2.75, 3.05) is 13.7 Å². The number of thiophene rings is 1. The van der Waals surface area contributed by atoms with Crippen LogP contribution in [0.5, 0.6) is 0 Å². The molecule has 1 heterocycles. The molecule has 1 N–H and O–H groups in total. The van der Waals surface area contributed by atoms with E-state index in [1.54, 1.807) is 11.3 Å². The molecule has 1 aromatic rings. The molecule has 17 heavy (non-hydrogen) atoms. The molecule has 0 radical (unpaired) electrons. The van der Waals surface area contributed by atoms with Crippen molar-refractivity contribution in [2.24, 2.45) is 5.92 Å². The van der Waals surface area contributed by atoms with Gasteiger partial charge in [0.05, 0.1) is 4.88 Å². The Hall–Kier alpha value is -0.820. The molecule has 0 spiro atoms. The van der Waals surface area contributed by atoms with E-state index in [-0.39, 0.29) is 6.61 Å². The largest absolute Gasteiger partial charge is 0.384 e. The summed E-state index contributed by atoms with van der Waals surface area (Å²) in [6.45, 7) is 3.26. The number of aliphatic hydroxyl groups excluding tert-OH is 1. The molecular formula is C14H19NOS. The third-order valence-electron chi connectivity index (χ3n) is 3.36. The van der Waals surface area contributed by atoms with Gasteiger partial charge < -0.3 is 5.11 Å². The van der Waals surface area contributed by atoms with Crippen LogP contribution < -0.4 is 0 Å². The van der Waals surface area contributed by atoms with Gasteiger partial charge in [0.25, 0.3) is 0 Å². The Labute approximate surface area is 107 Å². The minimum atomic E-state index is -0.0636. The Morgan fingerprint density at radius 3 is 2.94 bits per heavy atom. The summed E-state index contributed by atoms with van der Waals surface area (Å²) in [7, 11) is 2.20. The van der Waals surface area contributed by atoms with Gasteiger partial charge >= 0.3 is 0 Å². The summed E-state index contributed by atoms with van der Waals surface area (Å²) in [6.07, 6.45) is 2.78. The van der Waals surface area contributed by atoms with E-state index in [0.29, 0.717) is 6.04 Å². The number of hydrogen-bond acceptors (Lipinski definition) is 3. The minimum absolute atomic E-state index is 0.0636. The van der Waals surface area contributed by atoms with Crippen molar-refractivity contribution in [3.8, 4) is 11.8 Å². The highest BCUT2D eigenvalue weighted by molar-refractivity contribution is 7.12. The third-order valence-corrected chi connectivity index (χ3v) is 4.34. The quantitative estimate of drug-likeness (QED) is 0.828. The first kappa shape index (κ1) is 12.6. The molecule has 0 aliphatic heterocycles. The second kappa shape index (κ2) is 5.68. The van der Waals surface area contributed by atoms with Crippen LogP contribution in [0.3, 0.4) is 0 Å². The molecule has 3 heteroatoms. The fraction of sp³-hybridized carbons (Fsp3) is 0.571. The molecule has 1 aromatic heterocycles. The molecule has 1 atom stereocenters. The minimum Gasteiger partial charge on any atom is -0.384 e. The molecule has 0 bridgehead atoms. The summed E-state index contributed by atoms with van der Waals surface area (Å²) in [5, 5.41) is 8.64. The van der Waals surface area contributed by atoms with Crippen LogP contribution in [0.2, 0.25) is 0 Å². The zero-order valence-electron chi connectivity index (χ0n) is 10.4. The van der Waals surface area contributed by atoms with Gasteiger partial charge in [0, 0.05) is 17.5 Å². The van der Waals surface area contributed by atoms with Gasteiger partial charge in [-0.3, -0.25) is 4.90 Å². The number of rotatable bonds is 4. The fourth-order valence-corrected chi connectivity index (χ4v) is 2.93. The van der Waals surface area contributed by atoms with Gasteiger partial charge in [-0.25, -0.2) is 0 Å². The molecule has 1 aliphatic carbocycles. The predicted molar refractivity (Wildman–Crippen MR) is 71.9 cm³/mol. The van der Waals surface area contributed by atoms with Gasteiger partial charge in [-0.15, -0.1) is 11.3 Å². The van der Waals surface area contributed by atoms with E-state index in [1.807, 2.05) is 6.07 Å². The maximum atomic E-state index is 8.64. The van der Waals surface area contributed by atoms with Crippen molar-refractivity contribution in [3.05, 3.63) is 21.9 Å². The number of hydrogen-bond donors (Lipinski definition) is 1. The second-order valence-electron chi connectivity index (χ2n) is 4.72. The number of aliphatic hydroxyl groups is 1.